The van der Waals surface area contributed by atoms with E-state index in [1.807, 2.05) is 32.0 Å². The number of amides is 1. The lowest BCUT2D eigenvalue weighted by molar-refractivity contribution is -0.120. The van der Waals surface area contributed by atoms with E-state index in [0.717, 1.165) is 22.3 Å². The van der Waals surface area contributed by atoms with E-state index in [-0.39, 0.29) is 17.0 Å². The smallest absolute Gasteiger partial charge is 0.233 e. The van der Waals surface area contributed by atoms with Gasteiger partial charge in [-0.05, 0) is 43.7 Å². The summed E-state index contributed by atoms with van der Waals surface area (Å²) in [5, 5.41) is 3.22. The molecule has 3 rings (SSSR count). The number of nitrogens with one attached hydrogen (secondary N) is 2. The third kappa shape index (κ3) is 4.54. The first kappa shape index (κ1) is 18.3. The zero-order chi connectivity index (χ0) is 18.5. The number of aromatic amines is 1. The molecule has 0 bridgehead atoms. The van der Waals surface area contributed by atoms with Crippen molar-refractivity contribution in [3.63, 3.8) is 0 Å². The summed E-state index contributed by atoms with van der Waals surface area (Å²) in [5.74, 6) is 0.390. The number of hydrogen-bond donors (Lipinski definition) is 2. The maximum atomic E-state index is 12.9. The van der Waals surface area contributed by atoms with Gasteiger partial charge >= 0.3 is 0 Å². The van der Waals surface area contributed by atoms with Gasteiger partial charge in [0.15, 0.2) is 5.16 Å². The van der Waals surface area contributed by atoms with Crippen molar-refractivity contribution in [1.29, 1.82) is 0 Å². The van der Waals surface area contributed by atoms with Crippen LogP contribution in [-0.4, -0.2) is 27.7 Å². The summed E-state index contributed by atoms with van der Waals surface area (Å²) in [4.78, 5) is 20.0. The Kier molecular flexibility index (Phi) is 5.78. The molecule has 1 unspecified atom stereocenters. The summed E-state index contributed by atoms with van der Waals surface area (Å²) in [7, 11) is 0. The predicted octanol–water partition coefficient (Wildman–Crippen LogP) is 3.90. The molecule has 0 radical (unpaired) electrons. The highest BCUT2D eigenvalue weighted by Crippen LogP contribution is 2.26. The standard InChI is InChI=1S/C19H20FN3O2S/c1-3-25-15-8-9-16-17(10-15)23-19(22-16)26-12(2)18(24)21-11-13-4-6-14(20)7-5-13/h4-10,12H,3,11H2,1-2H3,(H,21,24)(H,22,23). The van der Waals surface area contributed by atoms with E-state index in [0.29, 0.717) is 18.3 Å². The molecule has 3 aromatic rings. The van der Waals surface area contributed by atoms with Crippen LogP contribution in [0.1, 0.15) is 19.4 Å². The first-order valence-corrected chi connectivity index (χ1v) is 9.24. The summed E-state index contributed by atoms with van der Waals surface area (Å²) >= 11 is 1.35. The number of carbonyl (C=O) groups is 1. The van der Waals surface area contributed by atoms with Crippen molar-refractivity contribution in [3.8, 4) is 5.75 Å². The number of aromatic nitrogens is 2. The van der Waals surface area contributed by atoms with E-state index in [1.165, 1.54) is 23.9 Å². The summed E-state index contributed by atoms with van der Waals surface area (Å²) < 4.78 is 18.4. The molecule has 1 amide bonds. The van der Waals surface area contributed by atoms with Crippen molar-refractivity contribution in [1.82, 2.24) is 15.3 Å². The number of nitrogens with zero attached hydrogens (tertiary/aromatic N) is 1. The number of halogens is 1. The van der Waals surface area contributed by atoms with Crippen molar-refractivity contribution in [2.24, 2.45) is 0 Å². The highest BCUT2D eigenvalue weighted by Gasteiger charge is 2.16. The second kappa shape index (κ2) is 8.23. The first-order chi connectivity index (χ1) is 12.5. The van der Waals surface area contributed by atoms with E-state index in [4.69, 9.17) is 4.74 Å². The molecule has 0 aliphatic carbocycles. The van der Waals surface area contributed by atoms with Crippen LogP contribution in [0.15, 0.2) is 47.6 Å². The van der Waals surface area contributed by atoms with E-state index in [2.05, 4.69) is 15.3 Å². The number of ether oxygens (including phenoxy) is 1. The molecular weight excluding hydrogens is 353 g/mol. The molecule has 5 nitrogen and oxygen atoms in total. The van der Waals surface area contributed by atoms with E-state index in [9.17, 15) is 9.18 Å². The lowest BCUT2D eigenvalue weighted by atomic mass is 10.2. The predicted molar refractivity (Wildman–Crippen MR) is 101 cm³/mol. The molecule has 0 aliphatic heterocycles. The van der Waals surface area contributed by atoms with Crippen LogP contribution in [0.25, 0.3) is 11.0 Å². The maximum absolute atomic E-state index is 12.9. The van der Waals surface area contributed by atoms with Crippen LogP contribution >= 0.6 is 11.8 Å². The monoisotopic (exact) mass is 373 g/mol. The second-order valence-corrected chi connectivity index (χ2v) is 7.09. The Hall–Kier alpha value is -2.54. The minimum absolute atomic E-state index is 0.102. The van der Waals surface area contributed by atoms with E-state index < -0.39 is 0 Å². The molecular formula is C19H20FN3O2S. The summed E-state index contributed by atoms with van der Waals surface area (Å²) in [5.41, 5.74) is 2.55. The number of fused-ring (bicyclic) bond motifs is 1. The van der Waals surface area contributed by atoms with E-state index >= 15 is 0 Å². The summed E-state index contributed by atoms with van der Waals surface area (Å²) in [6.45, 7) is 4.72. The molecule has 26 heavy (non-hydrogen) atoms. The van der Waals surface area contributed by atoms with Gasteiger partial charge in [-0.2, -0.15) is 0 Å². The molecule has 0 saturated carbocycles. The molecule has 2 N–H and O–H groups in total. The van der Waals surface area contributed by atoms with E-state index in [1.54, 1.807) is 12.1 Å². The second-order valence-electron chi connectivity index (χ2n) is 5.76. The average molecular weight is 373 g/mol. The Morgan fingerprint density at radius 3 is 2.81 bits per heavy atom. The molecule has 0 fully saturated rings. The molecule has 1 aromatic heterocycles. The number of imidazole rings is 1. The Balaban J connectivity index is 1.59. The molecule has 0 aliphatic rings. The van der Waals surface area contributed by atoms with Crippen molar-refractivity contribution in [3.05, 3.63) is 53.8 Å². The number of H-pyrrole nitrogens is 1. The fourth-order valence-corrected chi connectivity index (χ4v) is 3.28. The highest BCUT2D eigenvalue weighted by atomic mass is 32.2. The SMILES string of the molecule is CCOc1ccc2nc(SC(C)C(=O)NCc3ccc(F)cc3)[nH]c2c1. The number of thioether (sulfide) groups is 1. The number of carbonyl (C=O) groups excluding carboxylic acids is 1. The normalized spacial score (nSPS) is 12.1. The third-order valence-electron chi connectivity index (χ3n) is 3.78. The molecule has 0 spiro atoms. The quantitative estimate of drug-likeness (QED) is 0.617. The Morgan fingerprint density at radius 1 is 1.31 bits per heavy atom. The van der Waals surface area contributed by atoms with Crippen LogP contribution in [-0.2, 0) is 11.3 Å². The van der Waals surface area contributed by atoms with Gasteiger partial charge in [0.1, 0.15) is 11.6 Å². The fraction of sp³-hybridized carbons (Fsp3) is 0.263. The topological polar surface area (TPSA) is 67.0 Å². The Bertz CT molecular complexity index is 895. The van der Waals surface area contributed by atoms with Gasteiger partial charge in [-0.3, -0.25) is 4.79 Å². The minimum Gasteiger partial charge on any atom is -0.494 e. The first-order valence-electron chi connectivity index (χ1n) is 8.36. The van der Waals surface area contributed by atoms with Crippen LogP contribution in [0.5, 0.6) is 5.75 Å². The number of rotatable bonds is 7. The summed E-state index contributed by atoms with van der Waals surface area (Å²) in [6.07, 6.45) is 0. The molecule has 136 valence electrons. The van der Waals surface area contributed by atoms with Gasteiger partial charge in [0.2, 0.25) is 5.91 Å². The molecule has 2 aromatic carbocycles. The zero-order valence-corrected chi connectivity index (χ0v) is 15.4. The largest absolute Gasteiger partial charge is 0.494 e. The molecule has 1 atom stereocenters. The summed E-state index contributed by atoms with van der Waals surface area (Å²) in [6, 6.07) is 11.7. The molecule has 7 heteroatoms. The number of benzene rings is 2. The lowest BCUT2D eigenvalue weighted by Crippen LogP contribution is -2.30. The third-order valence-corrected chi connectivity index (χ3v) is 4.76. The van der Waals surface area contributed by atoms with Gasteiger partial charge in [-0.25, -0.2) is 9.37 Å². The van der Waals surface area contributed by atoms with Gasteiger partial charge in [-0.15, -0.1) is 0 Å². The van der Waals surface area contributed by atoms with Crippen molar-refractivity contribution in [2.75, 3.05) is 6.61 Å². The highest BCUT2D eigenvalue weighted by molar-refractivity contribution is 8.00. The van der Waals surface area contributed by atoms with Crippen molar-refractivity contribution < 1.29 is 13.9 Å². The lowest BCUT2D eigenvalue weighted by Gasteiger charge is -2.10. The zero-order valence-electron chi connectivity index (χ0n) is 14.6. The van der Waals surface area contributed by atoms with Gasteiger partial charge in [0.05, 0.1) is 22.9 Å². The van der Waals surface area contributed by atoms with Crippen LogP contribution < -0.4 is 10.1 Å². The molecule has 0 saturated heterocycles. The van der Waals surface area contributed by atoms with Crippen LogP contribution in [0.3, 0.4) is 0 Å². The van der Waals surface area contributed by atoms with Crippen LogP contribution in [0.2, 0.25) is 0 Å². The van der Waals surface area contributed by atoms with Gasteiger partial charge < -0.3 is 15.0 Å². The Morgan fingerprint density at radius 2 is 2.08 bits per heavy atom. The Labute approximate surface area is 155 Å². The van der Waals surface area contributed by atoms with Gasteiger partial charge in [0, 0.05) is 12.6 Å². The van der Waals surface area contributed by atoms with Gasteiger partial charge in [-0.1, -0.05) is 23.9 Å². The fourth-order valence-electron chi connectivity index (χ4n) is 2.43. The minimum atomic E-state index is -0.317. The molecule has 1 heterocycles. The van der Waals surface area contributed by atoms with Crippen LogP contribution in [0.4, 0.5) is 4.39 Å². The average Bonchev–Trinajstić information content (AvgIpc) is 3.02. The van der Waals surface area contributed by atoms with Crippen LogP contribution in [0, 0.1) is 5.82 Å². The van der Waals surface area contributed by atoms with Crippen molar-refractivity contribution in [2.45, 2.75) is 30.8 Å². The number of hydrogen-bond acceptors (Lipinski definition) is 4. The maximum Gasteiger partial charge on any atom is 0.233 e. The van der Waals surface area contributed by atoms with Crippen molar-refractivity contribution >= 4 is 28.7 Å². The van der Waals surface area contributed by atoms with Gasteiger partial charge in [0.25, 0.3) is 0 Å².